The van der Waals surface area contributed by atoms with Crippen molar-refractivity contribution in [2.75, 3.05) is 7.05 Å². The van der Waals surface area contributed by atoms with E-state index in [1.807, 2.05) is 33.2 Å². The van der Waals surface area contributed by atoms with Crippen molar-refractivity contribution in [2.24, 2.45) is 4.99 Å². The van der Waals surface area contributed by atoms with Gasteiger partial charge in [0.2, 0.25) is 0 Å². The molecule has 1 heterocycles. The third kappa shape index (κ3) is 3.53. The molecule has 0 fully saturated rings. The fourth-order valence-electron chi connectivity index (χ4n) is 1.97. The highest BCUT2D eigenvalue weighted by Crippen LogP contribution is 2.27. The Balaban J connectivity index is 0.000000686. The highest BCUT2D eigenvalue weighted by Gasteiger charge is 2.17. The summed E-state index contributed by atoms with van der Waals surface area (Å²) in [6.07, 6.45) is 2.98. The van der Waals surface area contributed by atoms with E-state index in [1.54, 1.807) is 0 Å². The second kappa shape index (κ2) is 7.02. The minimum atomic E-state index is 0.299. The van der Waals surface area contributed by atoms with Crippen molar-refractivity contribution >= 4 is 5.71 Å². The van der Waals surface area contributed by atoms with E-state index in [1.165, 1.54) is 16.8 Å². The van der Waals surface area contributed by atoms with Crippen molar-refractivity contribution in [1.29, 1.82) is 0 Å². The van der Waals surface area contributed by atoms with Gasteiger partial charge in [0.1, 0.15) is 0 Å². The highest BCUT2D eigenvalue weighted by molar-refractivity contribution is 5.87. The second-order valence-electron chi connectivity index (χ2n) is 3.88. The Morgan fingerprint density at radius 3 is 2.29 bits per heavy atom. The molecule has 2 nitrogen and oxygen atoms in total. The standard InChI is InChI=1S/C13H16N2.C2H6/c1-10-8-12(9-15-10)13(14-2)11-6-4-3-5-7-11;1-2/h3-7,9,13-14H,8H2,1-2H3;1-2H3. The largest absolute Gasteiger partial charge is 0.310 e. The predicted molar refractivity (Wildman–Crippen MR) is 75.4 cm³/mol. The van der Waals surface area contributed by atoms with Gasteiger partial charge in [0.15, 0.2) is 0 Å². The van der Waals surface area contributed by atoms with Gasteiger partial charge in [-0.15, -0.1) is 0 Å². The Bertz CT molecular complexity index is 391. The van der Waals surface area contributed by atoms with Gasteiger partial charge >= 0.3 is 0 Å². The zero-order valence-electron chi connectivity index (χ0n) is 11.2. The minimum Gasteiger partial charge on any atom is -0.310 e. The summed E-state index contributed by atoms with van der Waals surface area (Å²) in [6.45, 7) is 6.07. The molecule has 1 aromatic rings. The van der Waals surface area contributed by atoms with E-state index >= 15 is 0 Å². The molecular weight excluding hydrogens is 208 g/mol. The molecule has 0 amide bonds. The number of nitrogens with zero attached hydrogens (tertiary/aromatic N) is 1. The number of hydrogen-bond donors (Lipinski definition) is 1. The van der Waals surface area contributed by atoms with E-state index < -0.39 is 0 Å². The lowest BCUT2D eigenvalue weighted by molar-refractivity contribution is 0.671. The van der Waals surface area contributed by atoms with Crippen molar-refractivity contribution in [3.8, 4) is 0 Å². The van der Waals surface area contributed by atoms with Gasteiger partial charge in [-0.05, 0) is 25.1 Å². The molecule has 0 spiro atoms. The monoisotopic (exact) mass is 230 g/mol. The zero-order valence-corrected chi connectivity index (χ0v) is 11.2. The summed E-state index contributed by atoms with van der Waals surface area (Å²) < 4.78 is 0. The summed E-state index contributed by atoms with van der Waals surface area (Å²) in [5.41, 5.74) is 3.85. The van der Waals surface area contributed by atoms with Crippen LogP contribution in [0, 0.1) is 0 Å². The summed E-state index contributed by atoms with van der Waals surface area (Å²) in [4.78, 5) is 4.33. The molecule has 92 valence electrons. The molecule has 1 atom stereocenters. The maximum Gasteiger partial charge on any atom is 0.0555 e. The molecule has 0 saturated heterocycles. The summed E-state index contributed by atoms with van der Waals surface area (Å²) in [7, 11) is 1.99. The molecule has 1 unspecified atom stereocenters. The molecule has 0 aliphatic carbocycles. The van der Waals surface area contributed by atoms with Crippen LogP contribution in [-0.2, 0) is 0 Å². The number of aliphatic imine (C=N–C) groups is 1. The fourth-order valence-corrected chi connectivity index (χ4v) is 1.97. The first-order valence-corrected chi connectivity index (χ1v) is 6.25. The first-order valence-electron chi connectivity index (χ1n) is 6.25. The predicted octanol–water partition coefficient (Wildman–Crippen LogP) is 3.72. The van der Waals surface area contributed by atoms with Crippen LogP contribution in [0.2, 0.25) is 0 Å². The first kappa shape index (κ1) is 13.7. The van der Waals surface area contributed by atoms with E-state index in [-0.39, 0.29) is 0 Å². The lowest BCUT2D eigenvalue weighted by Gasteiger charge is -2.17. The number of nitrogens with one attached hydrogen (secondary N) is 1. The average molecular weight is 230 g/mol. The van der Waals surface area contributed by atoms with Crippen molar-refractivity contribution in [1.82, 2.24) is 5.32 Å². The lowest BCUT2D eigenvalue weighted by Crippen LogP contribution is -2.18. The molecule has 0 aromatic heterocycles. The Hall–Kier alpha value is -1.41. The topological polar surface area (TPSA) is 24.4 Å². The molecule has 1 aliphatic rings. The van der Waals surface area contributed by atoms with Gasteiger partial charge in [-0.3, -0.25) is 4.99 Å². The minimum absolute atomic E-state index is 0.299. The Morgan fingerprint density at radius 1 is 1.18 bits per heavy atom. The lowest BCUT2D eigenvalue weighted by atomic mass is 9.97. The molecule has 1 aromatic carbocycles. The quantitative estimate of drug-likeness (QED) is 0.840. The van der Waals surface area contributed by atoms with Crippen molar-refractivity contribution in [3.05, 3.63) is 47.7 Å². The molecule has 1 N–H and O–H groups in total. The van der Waals surface area contributed by atoms with Gasteiger partial charge in [-0.25, -0.2) is 0 Å². The number of benzene rings is 1. The van der Waals surface area contributed by atoms with Crippen LogP contribution in [0.25, 0.3) is 0 Å². The third-order valence-corrected chi connectivity index (χ3v) is 2.70. The van der Waals surface area contributed by atoms with Gasteiger partial charge in [-0.1, -0.05) is 44.2 Å². The van der Waals surface area contributed by atoms with Crippen molar-refractivity contribution < 1.29 is 0 Å². The number of likely N-dealkylation sites (N-methyl/N-ethyl adjacent to an activating group) is 1. The van der Waals surface area contributed by atoms with Crippen molar-refractivity contribution in [2.45, 2.75) is 33.2 Å². The summed E-state index contributed by atoms with van der Waals surface area (Å²) in [6, 6.07) is 10.8. The SMILES string of the molecule is CC.CNC(C1=CN=C(C)C1)c1ccccc1. The van der Waals surface area contributed by atoms with E-state index in [2.05, 4.69) is 41.5 Å². The smallest absolute Gasteiger partial charge is 0.0555 e. The highest BCUT2D eigenvalue weighted by atomic mass is 14.9. The van der Waals surface area contributed by atoms with E-state index in [0.29, 0.717) is 6.04 Å². The van der Waals surface area contributed by atoms with Crippen LogP contribution in [0.4, 0.5) is 0 Å². The Labute approximate surface area is 104 Å². The van der Waals surface area contributed by atoms with Gasteiger partial charge in [0, 0.05) is 18.3 Å². The van der Waals surface area contributed by atoms with Gasteiger partial charge in [0.05, 0.1) is 6.04 Å². The molecule has 1 aliphatic heterocycles. The third-order valence-electron chi connectivity index (χ3n) is 2.70. The Morgan fingerprint density at radius 2 is 1.82 bits per heavy atom. The van der Waals surface area contributed by atoms with E-state index in [0.717, 1.165) is 6.42 Å². The maximum atomic E-state index is 4.33. The maximum absolute atomic E-state index is 4.33. The van der Waals surface area contributed by atoms with Crippen LogP contribution >= 0.6 is 0 Å². The van der Waals surface area contributed by atoms with Crippen LogP contribution in [-0.4, -0.2) is 12.8 Å². The molecule has 2 rings (SSSR count). The van der Waals surface area contributed by atoms with Crippen LogP contribution < -0.4 is 5.32 Å². The first-order chi connectivity index (χ1) is 8.31. The summed E-state index contributed by atoms with van der Waals surface area (Å²) in [5, 5.41) is 3.34. The summed E-state index contributed by atoms with van der Waals surface area (Å²) >= 11 is 0. The van der Waals surface area contributed by atoms with Crippen LogP contribution in [0.15, 0.2) is 47.1 Å². The average Bonchev–Trinajstić information content (AvgIpc) is 2.81. The van der Waals surface area contributed by atoms with Crippen LogP contribution in [0.5, 0.6) is 0 Å². The van der Waals surface area contributed by atoms with Gasteiger partial charge < -0.3 is 5.32 Å². The van der Waals surface area contributed by atoms with Gasteiger partial charge in [-0.2, -0.15) is 0 Å². The molecule has 0 radical (unpaired) electrons. The summed E-state index contributed by atoms with van der Waals surface area (Å²) in [5.74, 6) is 0. The molecule has 0 bridgehead atoms. The van der Waals surface area contributed by atoms with Crippen LogP contribution in [0.1, 0.15) is 38.8 Å². The molecular formula is C15H22N2. The van der Waals surface area contributed by atoms with E-state index in [9.17, 15) is 0 Å². The molecule has 0 saturated carbocycles. The fraction of sp³-hybridized carbons (Fsp3) is 0.400. The second-order valence-corrected chi connectivity index (χ2v) is 3.88. The number of hydrogen-bond acceptors (Lipinski definition) is 2. The number of rotatable bonds is 3. The molecule has 2 heteroatoms. The normalized spacial score (nSPS) is 15.5. The van der Waals surface area contributed by atoms with Crippen molar-refractivity contribution in [3.63, 3.8) is 0 Å². The van der Waals surface area contributed by atoms with E-state index in [4.69, 9.17) is 0 Å². The zero-order chi connectivity index (χ0) is 12.7. The Kier molecular flexibility index (Phi) is 5.64. The van der Waals surface area contributed by atoms with Gasteiger partial charge in [0.25, 0.3) is 0 Å². The molecule has 17 heavy (non-hydrogen) atoms. The van der Waals surface area contributed by atoms with Crippen LogP contribution in [0.3, 0.4) is 0 Å².